The summed E-state index contributed by atoms with van der Waals surface area (Å²) in [7, 11) is 0. The van der Waals surface area contributed by atoms with E-state index in [9.17, 15) is 0 Å². The maximum Gasteiger partial charge on any atom is 0.0168 e. The molecule has 3 N–H and O–H groups in total. The van der Waals surface area contributed by atoms with E-state index in [-0.39, 0.29) is 6.04 Å². The van der Waals surface area contributed by atoms with Crippen molar-refractivity contribution in [1.82, 2.24) is 5.32 Å². The Bertz CT molecular complexity index is 393. The first-order valence-corrected chi connectivity index (χ1v) is 7.79. The van der Waals surface area contributed by atoms with Crippen LogP contribution in [-0.2, 0) is 6.42 Å². The van der Waals surface area contributed by atoms with Gasteiger partial charge >= 0.3 is 0 Å². The molecule has 2 nitrogen and oxygen atoms in total. The molecule has 0 aliphatic heterocycles. The fourth-order valence-corrected chi connectivity index (χ4v) is 3.19. The minimum atomic E-state index is 0.287. The summed E-state index contributed by atoms with van der Waals surface area (Å²) in [5, 5.41) is 3.62. The lowest BCUT2D eigenvalue weighted by Crippen LogP contribution is -2.37. The van der Waals surface area contributed by atoms with E-state index in [4.69, 9.17) is 5.73 Å². The van der Waals surface area contributed by atoms with E-state index >= 15 is 0 Å². The van der Waals surface area contributed by atoms with Gasteiger partial charge in [0.05, 0.1) is 0 Å². The highest BCUT2D eigenvalue weighted by atomic mass is 14.9. The van der Waals surface area contributed by atoms with Gasteiger partial charge in [0.1, 0.15) is 0 Å². The first-order chi connectivity index (χ1) is 9.28. The molecule has 0 radical (unpaired) electrons. The lowest BCUT2D eigenvalue weighted by molar-refractivity contribution is 0.393. The Morgan fingerprint density at radius 3 is 2.58 bits per heavy atom. The Morgan fingerprint density at radius 2 is 1.95 bits per heavy atom. The predicted molar refractivity (Wildman–Crippen MR) is 80.0 cm³/mol. The number of hydrogen-bond acceptors (Lipinski definition) is 2. The molecule has 2 fully saturated rings. The van der Waals surface area contributed by atoms with Crippen molar-refractivity contribution in [1.29, 1.82) is 0 Å². The van der Waals surface area contributed by atoms with Crippen molar-refractivity contribution in [3.63, 3.8) is 0 Å². The van der Waals surface area contributed by atoms with Gasteiger partial charge in [-0.3, -0.25) is 0 Å². The zero-order chi connectivity index (χ0) is 13.1. The molecule has 0 heterocycles. The van der Waals surface area contributed by atoms with Crippen LogP contribution >= 0.6 is 0 Å². The smallest absolute Gasteiger partial charge is 0.0168 e. The number of hydrogen-bond donors (Lipinski definition) is 2. The third-order valence-corrected chi connectivity index (χ3v) is 4.87. The first kappa shape index (κ1) is 13.1. The van der Waals surface area contributed by atoms with Crippen molar-refractivity contribution in [3.05, 3.63) is 35.9 Å². The summed E-state index contributed by atoms with van der Waals surface area (Å²) < 4.78 is 0. The van der Waals surface area contributed by atoms with Crippen molar-refractivity contribution < 1.29 is 0 Å². The monoisotopic (exact) mass is 258 g/mol. The van der Waals surface area contributed by atoms with Crippen LogP contribution < -0.4 is 11.1 Å². The molecule has 1 aromatic carbocycles. The third-order valence-electron chi connectivity index (χ3n) is 4.87. The number of aryl methyl sites for hydroxylation is 1. The van der Waals surface area contributed by atoms with E-state index in [0.29, 0.717) is 5.41 Å². The van der Waals surface area contributed by atoms with E-state index in [2.05, 4.69) is 35.6 Å². The van der Waals surface area contributed by atoms with Crippen LogP contribution in [-0.4, -0.2) is 19.1 Å². The van der Waals surface area contributed by atoms with Crippen LogP contribution in [0.5, 0.6) is 0 Å². The highest BCUT2D eigenvalue weighted by Crippen LogP contribution is 2.60. The Balaban J connectivity index is 1.32. The molecular weight excluding hydrogens is 232 g/mol. The third kappa shape index (κ3) is 3.58. The van der Waals surface area contributed by atoms with Crippen LogP contribution in [0.1, 0.15) is 37.7 Å². The van der Waals surface area contributed by atoms with Crippen LogP contribution in [0.15, 0.2) is 30.3 Å². The molecule has 104 valence electrons. The number of benzene rings is 1. The van der Waals surface area contributed by atoms with Crippen LogP contribution in [0.4, 0.5) is 0 Å². The molecule has 2 aliphatic rings. The molecule has 2 heteroatoms. The molecule has 2 aliphatic carbocycles. The van der Waals surface area contributed by atoms with Crippen LogP contribution in [0, 0.1) is 11.3 Å². The molecule has 0 amide bonds. The molecule has 2 saturated carbocycles. The minimum Gasteiger partial charge on any atom is -0.327 e. The minimum absolute atomic E-state index is 0.287. The summed E-state index contributed by atoms with van der Waals surface area (Å²) in [6.07, 6.45) is 8.02. The molecule has 1 aromatic rings. The van der Waals surface area contributed by atoms with Crippen molar-refractivity contribution >= 4 is 0 Å². The van der Waals surface area contributed by atoms with Crippen molar-refractivity contribution in [2.45, 2.75) is 44.6 Å². The van der Waals surface area contributed by atoms with Crippen LogP contribution in [0.2, 0.25) is 0 Å². The van der Waals surface area contributed by atoms with Crippen molar-refractivity contribution in [2.24, 2.45) is 17.1 Å². The second-order valence-corrected chi connectivity index (χ2v) is 6.55. The first-order valence-electron chi connectivity index (χ1n) is 7.79. The van der Waals surface area contributed by atoms with Crippen molar-refractivity contribution in [2.75, 3.05) is 13.1 Å². The quantitative estimate of drug-likeness (QED) is 0.752. The topological polar surface area (TPSA) is 38.0 Å². The maximum absolute atomic E-state index is 6.20. The van der Waals surface area contributed by atoms with E-state index in [1.165, 1.54) is 37.8 Å². The predicted octanol–water partition coefficient (Wildman–Crippen LogP) is 2.73. The lowest BCUT2D eigenvalue weighted by atomic mass is 10.0. The molecule has 0 bridgehead atoms. The fraction of sp³-hybridized carbons (Fsp3) is 0.647. The van der Waals surface area contributed by atoms with Crippen molar-refractivity contribution in [3.8, 4) is 0 Å². The van der Waals surface area contributed by atoms with E-state index in [1.807, 2.05) is 0 Å². The summed E-state index contributed by atoms with van der Waals surface area (Å²) in [5.74, 6) is 1.04. The molecule has 0 spiro atoms. The van der Waals surface area contributed by atoms with E-state index in [0.717, 1.165) is 25.3 Å². The largest absolute Gasteiger partial charge is 0.327 e. The second kappa shape index (κ2) is 5.64. The Kier molecular flexibility index (Phi) is 3.90. The molecule has 1 unspecified atom stereocenters. The van der Waals surface area contributed by atoms with Gasteiger partial charge in [-0.2, -0.15) is 0 Å². The normalized spacial score (nSPS) is 22.2. The zero-order valence-corrected chi connectivity index (χ0v) is 11.8. The van der Waals surface area contributed by atoms with E-state index in [1.54, 1.807) is 0 Å². The SMILES string of the molecule is NC(CCc1ccccc1)CNCC1(C2CC2)CC1. The molecule has 0 aromatic heterocycles. The van der Waals surface area contributed by atoms with Crippen LogP contribution in [0.3, 0.4) is 0 Å². The second-order valence-electron chi connectivity index (χ2n) is 6.55. The Hall–Kier alpha value is -0.860. The Morgan fingerprint density at radius 1 is 1.21 bits per heavy atom. The van der Waals surface area contributed by atoms with E-state index < -0.39 is 0 Å². The maximum atomic E-state index is 6.20. The van der Waals surface area contributed by atoms with Gasteiger partial charge in [0.15, 0.2) is 0 Å². The fourth-order valence-electron chi connectivity index (χ4n) is 3.19. The lowest BCUT2D eigenvalue weighted by Gasteiger charge is -2.18. The molecule has 3 rings (SSSR count). The van der Waals surface area contributed by atoms with Gasteiger partial charge in [-0.1, -0.05) is 30.3 Å². The Labute approximate surface area is 116 Å². The summed E-state index contributed by atoms with van der Waals surface area (Å²) in [4.78, 5) is 0. The summed E-state index contributed by atoms with van der Waals surface area (Å²) in [5.41, 5.74) is 8.29. The molecular formula is C17H26N2. The zero-order valence-electron chi connectivity index (χ0n) is 11.8. The number of rotatable bonds is 8. The van der Waals surface area contributed by atoms with Gasteiger partial charge < -0.3 is 11.1 Å². The van der Waals surface area contributed by atoms with Gasteiger partial charge in [-0.25, -0.2) is 0 Å². The number of nitrogens with one attached hydrogen (secondary N) is 1. The van der Waals surface area contributed by atoms with Crippen LogP contribution in [0.25, 0.3) is 0 Å². The number of nitrogens with two attached hydrogens (primary N) is 1. The van der Waals surface area contributed by atoms with Gasteiger partial charge in [-0.05, 0) is 55.4 Å². The average molecular weight is 258 g/mol. The average Bonchev–Trinajstić information content (AvgIpc) is 3.29. The van der Waals surface area contributed by atoms with Gasteiger partial charge in [0.25, 0.3) is 0 Å². The molecule has 19 heavy (non-hydrogen) atoms. The summed E-state index contributed by atoms with van der Waals surface area (Å²) in [6, 6.07) is 10.9. The molecule has 1 atom stereocenters. The summed E-state index contributed by atoms with van der Waals surface area (Å²) >= 11 is 0. The van der Waals surface area contributed by atoms with Gasteiger partial charge in [-0.15, -0.1) is 0 Å². The molecule has 0 saturated heterocycles. The summed E-state index contributed by atoms with van der Waals surface area (Å²) in [6.45, 7) is 2.18. The van der Waals surface area contributed by atoms with Gasteiger partial charge in [0, 0.05) is 19.1 Å². The standard InChI is InChI=1S/C17H26N2/c18-16(9-6-14-4-2-1-3-5-14)12-19-13-17(10-11-17)15-7-8-15/h1-5,15-16,19H,6-13,18H2. The van der Waals surface area contributed by atoms with Gasteiger partial charge in [0.2, 0.25) is 0 Å². The highest BCUT2D eigenvalue weighted by Gasteiger charge is 2.53. The highest BCUT2D eigenvalue weighted by molar-refractivity contribution is 5.14.